The Morgan fingerprint density at radius 2 is 1.21 bits per heavy atom. The molecule has 5 rings (SSSR count). The van der Waals surface area contributed by atoms with Crippen LogP contribution in [0.5, 0.6) is 0 Å². The number of hydrogen-bond acceptors (Lipinski definition) is 7. The number of benzene rings is 2. The number of pyridine rings is 1. The lowest BCUT2D eigenvalue weighted by Crippen LogP contribution is -2.39. The van der Waals surface area contributed by atoms with Crippen LogP contribution in [0.25, 0.3) is 11.0 Å². The number of nitrogens with zero attached hydrogens (tertiary/aromatic N) is 3. The second-order valence-electron chi connectivity index (χ2n) is 8.49. The van der Waals surface area contributed by atoms with E-state index in [0.717, 1.165) is 28.1 Å². The van der Waals surface area contributed by atoms with E-state index in [1.807, 2.05) is 0 Å². The number of fused-ring (bicyclic) bond motifs is 3. The SMILES string of the molecule is CCc1nc2c(c3c1C(=O)C(Sc1ccc(Cl)cc1)=C(Sc1ccc(Cl)cc1)C3=O)c(=O)n(C)c(=O)n2C. The summed E-state index contributed by atoms with van der Waals surface area (Å²) in [5, 5.41) is 1.02. The maximum absolute atomic E-state index is 14.3. The molecular formula is C27H19Cl2N3O4S2. The lowest BCUT2D eigenvalue weighted by molar-refractivity contribution is 0.0988. The molecule has 0 saturated carbocycles. The van der Waals surface area contributed by atoms with E-state index in [0.29, 0.717) is 32.0 Å². The average molecular weight is 585 g/mol. The van der Waals surface area contributed by atoms with Gasteiger partial charge in [0.1, 0.15) is 5.65 Å². The van der Waals surface area contributed by atoms with Gasteiger partial charge in [-0.05, 0) is 55.0 Å². The first kappa shape index (κ1) is 26.5. The van der Waals surface area contributed by atoms with Gasteiger partial charge in [0.05, 0.1) is 32.0 Å². The van der Waals surface area contributed by atoms with Gasteiger partial charge in [0, 0.05) is 33.9 Å². The van der Waals surface area contributed by atoms with Crippen LogP contribution < -0.4 is 11.2 Å². The Bertz CT molecular complexity index is 1810. The normalized spacial score (nSPS) is 13.4. The molecule has 0 atom stereocenters. The zero-order valence-corrected chi connectivity index (χ0v) is 23.5. The summed E-state index contributed by atoms with van der Waals surface area (Å²) in [6.07, 6.45) is 0.319. The third kappa shape index (κ3) is 4.43. The summed E-state index contributed by atoms with van der Waals surface area (Å²) in [4.78, 5) is 60.7. The van der Waals surface area contributed by atoms with E-state index in [-0.39, 0.29) is 32.0 Å². The number of carbonyl (C=O) groups is 2. The summed E-state index contributed by atoms with van der Waals surface area (Å²) in [7, 11) is 2.82. The highest BCUT2D eigenvalue weighted by Crippen LogP contribution is 2.45. The van der Waals surface area contributed by atoms with Gasteiger partial charge >= 0.3 is 5.69 Å². The molecule has 0 saturated heterocycles. The molecule has 7 nitrogen and oxygen atoms in total. The van der Waals surface area contributed by atoms with E-state index in [1.54, 1.807) is 55.5 Å². The van der Waals surface area contributed by atoms with Gasteiger partial charge in [-0.25, -0.2) is 9.78 Å². The third-order valence-electron chi connectivity index (χ3n) is 6.14. The van der Waals surface area contributed by atoms with Gasteiger partial charge in [-0.1, -0.05) is 53.6 Å². The van der Waals surface area contributed by atoms with Crippen LogP contribution in [0.3, 0.4) is 0 Å². The highest BCUT2D eigenvalue weighted by molar-refractivity contribution is 8.08. The van der Waals surface area contributed by atoms with Crippen molar-refractivity contribution in [2.75, 3.05) is 0 Å². The number of thioether (sulfide) groups is 2. The molecule has 0 unspecified atom stereocenters. The number of Topliss-reactive ketones (excluding diaryl/α,β-unsaturated/α-hetero) is 2. The molecular weight excluding hydrogens is 565 g/mol. The van der Waals surface area contributed by atoms with Crippen LogP contribution in [-0.2, 0) is 20.5 Å². The summed E-state index contributed by atoms with van der Waals surface area (Å²) >= 11 is 14.4. The molecule has 0 bridgehead atoms. The van der Waals surface area contributed by atoms with Crippen LogP contribution in [0.4, 0.5) is 0 Å². The van der Waals surface area contributed by atoms with Crippen molar-refractivity contribution >= 4 is 69.3 Å². The summed E-state index contributed by atoms with van der Waals surface area (Å²) < 4.78 is 2.14. The minimum atomic E-state index is -0.680. The molecule has 0 N–H and O–H groups in total. The van der Waals surface area contributed by atoms with Crippen molar-refractivity contribution < 1.29 is 9.59 Å². The van der Waals surface area contributed by atoms with E-state index < -0.39 is 22.8 Å². The van der Waals surface area contributed by atoms with Gasteiger partial charge in [0.2, 0.25) is 11.6 Å². The standard InChI is InChI=1S/C27H19Cl2N3O4S2/c1-4-17-18-19(20-25(30-17)31(2)27(36)32(3)26(20)35)22(34)24(38-16-11-7-14(29)8-12-16)23(21(18)33)37-15-9-5-13(28)6-10-15/h5-12H,4H2,1-3H3. The molecule has 0 amide bonds. The molecule has 1 aliphatic carbocycles. The van der Waals surface area contributed by atoms with Crippen molar-refractivity contribution in [3.05, 3.63) is 106 Å². The number of hydrogen-bond donors (Lipinski definition) is 0. The third-order valence-corrected chi connectivity index (χ3v) is 8.97. The number of rotatable bonds is 5. The van der Waals surface area contributed by atoms with Gasteiger partial charge < -0.3 is 0 Å². The van der Waals surface area contributed by atoms with Gasteiger partial charge in [0.15, 0.2) is 0 Å². The molecule has 4 aromatic rings. The fraction of sp³-hybridized carbons (Fsp3) is 0.148. The maximum atomic E-state index is 14.3. The molecule has 0 fully saturated rings. The zero-order valence-electron chi connectivity index (χ0n) is 20.4. The Labute approximate surface area is 235 Å². The fourth-order valence-electron chi connectivity index (χ4n) is 4.22. The smallest absolute Gasteiger partial charge is 0.288 e. The average Bonchev–Trinajstić information content (AvgIpc) is 2.92. The largest absolute Gasteiger partial charge is 0.332 e. The monoisotopic (exact) mass is 583 g/mol. The fourth-order valence-corrected chi connectivity index (χ4v) is 6.50. The van der Waals surface area contributed by atoms with Crippen LogP contribution in [-0.4, -0.2) is 25.7 Å². The van der Waals surface area contributed by atoms with E-state index >= 15 is 0 Å². The molecule has 2 aromatic heterocycles. The van der Waals surface area contributed by atoms with Crippen LogP contribution in [0.1, 0.15) is 33.3 Å². The summed E-state index contributed by atoms with van der Waals surface area (Å²) in [6.45, 7) is 1.80. The van der Waals surface area contributed by atoms with Crippen LogP contribution in [0.2, 0.25) is 10.0 Å². The molecule has 11 heteroatoms. The Morgan fingerprint density at radius 1 is 0.737 bits per heavy atom. The summed E-state index contributed by atoms with van der Waals surface area (Å²) in [6, 6.07) is 13.8. The van der Waals surface area contributed by atoms with Crippen molar-refractivity contribution in [2.24, 2.45) is 14.1 Å². The van der Waals surface area contributed by atoms with Crippen LogP contribution in [0, 0.1) is 0 Å². The van der Waals surface area contributed by atoms with E-state index in [2.05, 4.69) is 4.98 Å². The molecule has 0 aliphatic heterocycles. The number of halogens is 2. The van der Waals surface area contributed by atoms with E-state index in [9.17, 15) is 19.2 Å². The number of ketones is 2. The second kappa shape index (κ2) is 10.2. The number of allylic oxidation sites excluding steroid dienone is 2. The maximum Gasteiger partial charge on any atom is 0.332 e. The quantitative estimate of drug-likeness (QED) is 0.298. The first-order valence-corrected chi connectivity index (χ1v) is 13.8. The second-order valence-corrected chi connectivity index (χ2v) is 11.5. The van der Waals surface area contributed by atoms with Gasteiger partial charge in [-0.15, -0.1) is 0 Å². The topological polar surface area (TPSA) is 91.0 Å². The lowest BCUT2D eigenvalue weighted by atomic mass is 9.90. The predicted octanol–water partition coefficient (Wildman–Crippen LogP) is 5.68. The van der Waals surface area contributed by atoms with E-state index in [1.165, 1.54) is 18.7 Å². The van der Waals surface area contributed by atoms with Crippen molar-refractivity contribution in [3.63, 3.8) is 0 Å². The Balaban J connectivity index is 1.82. The zero-order chi connectivity index (χ0) is 27.3. The summed E-state index contributed by atoms with van der Waals surface area (Å²) in [5.41, 5.74) is -0.766. The Morgan fingerprint density at radius 3 is 1.68 bits per heavy atom. The first-order chi connectivity index (χ1) is 18.1. The van der Waals surface area contributed by atoms with Gasteiger partial charge in [-0.3, -0.25) is 23.5 Å². The van der Waals surface area contributed by atoms with Crippen molar-refractivity contribution in [1.29, 1.82) is 0 Å². The Hall–Kier alpha value is -3.11. The molecule has 38 heavy (non-hydrogen) atoms. The minimum Gasteiger partial charge on any atom is -0.288 e. The van der Waals surface area contributed by atoms with Crippen LogP contribution in [0.15, 0.2) is 77.7 Å². The first-order valence-electron chi connectivity index (χ1n) is 11.5. The number of aryl methyl sites for hydroxylation is 2. The van der Waals surface area contributed by atoms with Crippen LogP contribution >= 0.6 is 46.7 Å². The van der Waals surface area contributed by atoms with Crippen molar-refractivity contribution in [3.8, 4) is 0 Å². The van der Waals surface area contributed by atoms with Crippen molar-refractivity contribution in [2.45, 2.75) is 23.1 Å². The molecule has 192 valence electrons. The van der Waals surface area contributed by atoms with Gasteiger partial charge in [-0.2, -0.15) is 0 Å². The number of carbonyl (C=O) groups excluding carboxylic acids is 2. The highest BCUT2D eigenvalue weighted by atomic mass is 35.5. The summed E-state index contributed by atoms with van der Waals surface area (Å²) in [5.74, 6) is -0.882. The number of aromatic nitrogens is 3. The van der Waals surface area contributed by atoms with Crippen molar-refractivity contribution in [1.82, 2.24) is 14.1 Å². The highest BCUT2D eigenvalue weighted by Gasteiger charge is 2.38. The van der Waals surface area contributed by atoms with E-state index in [4.69, 9.17) is 23.2 Å². The molecule has 0 spiro atoms. The lowest BCUT2D eigenvalue weighted by Gasteiger charge is -2.24. The van der Waals surface area contributed by atoms with Gasteiger partial charge in [0.25, 0.3) is 5.56 Å². The molecule has 0 radical (unpaired) electrons. The molecule has 1 aliphatic rings. The predicted molar refractivity (Wildman–Crippen MR) is 152 cm³/mol. The minimum absolute atomic E-state index is 0.0232. The molecule has 2 heterocycles. The molecule has 2 aromatic carbocycles. The Kier molecular flexibility index (Phi) is 7.13.